The van der Waals surface area contributed by atoms with Crippen LogP contribution < -0.4 is 10.1 Å². The number of nitrogens with one attached hydrogen (secondary N) is 1. The van der Waals surface area contributed by atoms with Gasteiger partial charge in [0.1, 0.15) is 17.4 Å². The number of anilines is 1. The Morgan fingerprint density at radius 1 is 1.10 bits per heavy atom. The van der Waals surface area contributed by atoms with E-state index in [0.29, 0.717) is 12.1 Å². The van der Waals surface area contributed by atoms with Gasteiger partial charge in [0.15, 0.2) is 0 Å². The zero-order chi connectivity index (χ0) is 22.4. The lowest BCUT2D eigenvalue weighted by Gasteiger charge is -2.12. The van der Waals surface area contributed by atoms with Crippen molar-refractivity contribution in [1.29, 1.82) is 5.26 Å². The molecule has 31 heavy (non-hydrogen) atoms. The summed E-state index contributed by atoms with van der Waals surface area (Å²) in [5.41, 5.74) is 5.65. The molecule has 4 nitrogen and oxygen atoms in total. The fourth-order valence-electron chi connectivity index (χ4n) is 3.30. The average Bonchev–Trinajstić information content (AvgIpc) is 2.76. The molecule has 0 fully saturated rings. The highest BCUT2D eigenvalue weighted by Crippen LogP contribution is 2.26. The number of nitrogens with zero attached hydrogens (tertiary/aromatic N) is 1. The minimum Gasteiger partial charge on any atom is -0.497 e. The number of carbonyl (C=O) groups is 1. The molecule has 5 heteroatoms. The van der Waals surface area contributed by atoms with Crippen LogP contribution in [0.5, 0.6) is 5.75 Å². The average molecular weight is 475 g/mol. The molecule has 0 bridgehead atoms. The predicted octanol–water partition coefficient (Wildman–Crippen LogP) is 6.21. The number of hydrogen-bond donors (Lipinski definition) is 1. The smallest absolute Gasteiger partial charge is 0.266 e. The fourth-order valence-corrected chi connectivity index (χ4v) is 3.72. The summed E-state index contributed by atoms with van der Waals surface area (Å²) in [6, 6.07) is 21.4. The zero-order valence-corrected chi connectivity index (χ0v) is 19.3. The van der Waals surface area contributed by atoms with E-state index in [9.17, 15) is 10.1 Å². The Balaban J connectivity index is 1.95. The van der Waals surface area contributed by atoms with Crippen molar-refractivity contribution in [2.45, 2.75) is 20.3 Å². The van der Waals surface area contributed by atoms with Crippen LogP contribution in [0.2, 0.25) is 0 Å². The van der Waals surface area contributed by atoms with Gasteiger partial charge in [-0.05, 0) is 72.9 Å². The Hall–Kier alpha value is -3.36. The van der Waals surface area contributed by atoms with Crippen molar-refractivity contribution in [1.82, 2.24) is 0 Å². The first kappa shape index (κ1) is 22.3. The van der Waals surface area contributed by atoms with E-state index in [0.717, 1.165) is 38.0 Å². The van der Waals surface area contributed by atoms with E-state index in [-0.39, 0.29) is 5.57 Å². The molecule has 3 aromatic carbocycles. The summed E-state index contributed by atoms with van der Waals surface area (Å²) in [6.07, 6.45) is 2.26. The Morgan fingerprint density at radius 2 is 1.87 bits per heavy atom. The second kappa shape index (κ2) is 10.1. The zero-order valence-electron chi connectivity index (χ0n) is 17.7. The largest absolute Gasteiger partial charge is 0.497 e. The van der Waals surface area contributed by atoms with Crippen LogP contribution in [0.25, 0.3) is 6.08 Å². The molecule has 0 heterocycles. The molecule has 0 unspecified atom stereocenters. The molecule has 156 valence electrons. The highest BCUT2D eigenvalue weighted by Gasteiger charge is 2.13. The molecule has 0 aliphatic rings. The molecule has 0 spiro atoms. The Morgan fingerprint density at radius 3 is 2.55 bits per heavy atom. The Bertz CT molecular complexity index is 1190. The van der Waals surface area contributed by atoms with Gasteiger partial charge in [-0.15, -0.1) is 0 Å². The van der Waals surface area contributed by atoms with Crippen LogP contribution in [0.15, 0.2) is 70.7 Å². The fraction of sp³-hybridized carbons (Fsp3) is 0.154. The summed E-state index contributed by atoms with van der Waals surface area (Å²) in [4.78, 5) is 12.8. The molecule has 0 saturated heterocycles. The van der Waals surface area contributed by atoms with Crippen molar-refractivity contribution in [3.05, 3.63) is 98.5 Å². The number of nitriles is 1. The monoisotopic (exact) mass is 474 g/mol. The molecule has 0 atom stereocenters. The number of rotatable bonds is 6. The topological polar surface area (TPSA) is 62.1 Å². The van der Waals surface area contributed by atoms with Crippen LogP contribution in [-0.2, 0) is 11.2 Å². The van der Waals surface area contributed by atoms with Crippen LogP contribution in [0.1, 0.15) is 27.8 Å². The summed E-state index contributed by atoms with van der Waals surface area (Å²) >= 11 is 3.59. The van der Waals surface area contributed by atoms with Crippen molar-refractivity contribution in [3.8, 4) is 11.8 Å². The molecule has 1 N–H and O–H groups in total. The SMILES string of the molecule is COc1ccc(/C=C(\C#N)C(=O)Nc2ccc(C)cc2C)c(Cc2ccccc2Br)c1. The lowest BCUT2D eigenvalue weighted by Crippen LogP contribution is -2.14. The number of methoxy groups -OCH3 is 1. The van der Waals surface area contributed by atoms with Gasteiger partial charge in [-0.2, -0.15) is 5.26 Å². The van der Waals surface area contributed by atoms with Crippen molar-refractivity contribution in [2.24, 2.45) is 0 Å². The van der Waals surface area contributed by atoms with Crippen molar-refractivity contribution in [2.75, 3.05) is 12.4 Å². The second-order valence-corrected chi connectivity index (χ2v) is 8.13. The third kappa shape index (κ3) is 5.62. The molecule has 0 aliphatic heterocycles. The van der Waals surface area contributed by atoms with Crippen LogP contribution in [0.4, 0.5) is 5.69 Å². The van der Waals surface area contributed by atoms with Gasteiger partial charge in [0.2, 0.25) is 0 Å². The molecular weight excluding hydrogens is 452 g/mol. The van der Waals surface area contributed by atoms with Crippen molar-refractivity contribution >= 4 is 33.6 Å². The standard InChI is InChI=1S/C26H23BrN2O2/c1-17-8-11-25(18(2)12-17)29-26(30)22(16-28)13-19-9-10-23(31-3)15-21(19)14-20-6-4-5-7-24(20)27/h4-13,15H,14H2,1-3H3,(H,29,30)/b22-13+. The lowest BCUT2D eigenvalue weighted by molar-refractivity contribution is -0.112. The summed E-state index contributed by atoms with van der Waals surface area (Å²) in [5.74, 6) is 0.287. The van der Waals surface area contributed by atoms with E-state index in [1.807, 2.05) is 80.6 Å². The summed E-state index contributed by atoms with van der Waals surface area (Å²) in [6.45, 7) is 3.92. The molecule has 0 aliphatic carbocycles. The highest BCUT2D eigenvalue weighted by atomic mass is 79.9. The number of carbonyl (C=O) groups excluding carboxylic acids is 1. The van der Waals surface area contributed by atoms with Crippen molar-refractivity contribution in [3.63, 3.8) is 0 Å². The van der Waals surface area contributed by atoms with Crippen LogP contribution in [0, 0.1) is 25.2 Å². The van der Waals surface area contributed by atoms with E-state index < -0.39 is 5.91 Å². The van der Waals surface area contributed by atoms with Gasteiger partial charge in [-0.1, -0.05) is 57.9 Å². The Labute approximate surface area is 191 Å². The number of ether oxygens (including phenoxy) is 1. The van der Waals surface area contributed by atoms with Gasteiger partial charge in [0, 0.05) is 10.2 Å². The van der Waals surface area contributed by atoms with Gasteiger partial charge in [0.25, 0.3) is 5.91 Å². The number of hydrogen-bond acceptors (Lipinski definition) is 3. The number of amides is 1. The molecule has 0 radical (unpaired) electrons. The number of aryl methyl sites for hydroxylation is 2. The van der Waals surface area contributed by atoms with E-state index in [1.54, 1.807) is 13.2 Å². The maximum Gasteiger partial charge on any atom is 0.266 e. The summed E-state index contributed by atoms with van der Waals surface area (Å²) < 4.78 is 6.38. The maximum atomic E-state index is 12.8. The van der Waals surface area contributed by atoms with Gasteiger partial charge < -0.3 is 10.1 Å². The number of benzene rings is 3. The van der Waals surface area contributed by atoms with E-state index >= 15 is 0 Å². The molecule has 1 amide bonds. The van der Waals surface area contributed by atoms with Crippen molar-refractivity contribution < 1.29 is 9.53 Å². The van der Waals surface area contributed by atoms with Gasteiger partial charge in [-0.25, -0.2) is 0 Å². The maximum absolute atomic E-state index is 12.8. The Kier molecular flexibility index (Phi) is 7.28. The van der Waals surface area contributed by atoms with E-state index in [1.165, 1.54) is 0 Å². The third-order valence-corrected chi connectivity index (χ3v) is 5.76. The summed E-state index contributed by atoms with van der Waals surface area (Å²) in [7, 11) is 1.62. The quantitative estimate of drug-likeness (QED) is 0.341. The third-order valence-electron chi connectivity index (χ3n) is 4.98. The highest BCUT2D eigenvalue weighted by molar-refractivity contribution is 9.10. The molecule has 3 aromatic rings. The van der Waals surface area contributed by atoms with Gasteiger partial charge >= 0.3 is 0 Å². The minimum atomic E-state index is -0.433. The molecule has 3 rings (SSSR count). The first-order valence-corrected chi connectivity index (χ1v) is 10.6. The lowest BCUT2D eigenvalue weighted by atomic mass is 9.97. The van der Waals surface area contributed by atoms with Crippen LogP contribution in [0.3, 0.4) is 0 Å². The number of halogens is 1. The van der Waals surface area contributed by atoms with Crippen LogP contribution >= 0.6 is 15.9 Å². The molecular formula is C26H23BrN2O2. The molecule has 0 saturated carbocycles. The van der Waals surface area contributed by atoms with Gasteiger partial charge in [0.05, 0.1) is 7.11 Å². The van der Waals surface area contributed by atoms with Crippen LogP contribution in [-0.4, -0.2) is 13.0 Å². The van der Waals surface area contributed by atoms with E-state index in [4.69, 9.17) is 4.74 Å². The molecule has 0 aromatic heterocycles. The minimum absolute atomic E-state index is 0.0403. The normalized spacial score (nSPS) is 11.0. The first-order chi connectivity index (χ1) is 14.9. The predicted molar refractivity (Wildman–Crippen MR) is 128 cm³/mol. The van der Waals surface area contributed by atoms with Gasteiger partial charge in [-0.3, -0.25) is 4.79 Å². The second-order valence-electron chi connectivity index (χ2n) is 7.28. The summed E-state index contributed by atoms with van der Waals surface area (Å²) in [5, 5.41) is 12.5. The first-order valence-electron chi connectivity index (χ1n) is 9.82. The van der Waals surface area contributed by atoms with E-state index in [2.05, 4.69) is 21.2 Å².